The van der Waals surface area contributed by atoms with Gasteiger partial charge in [-0.2, -0.15) is 5.10 Å². The number of carbonyl (C=O) groups is 1. The van der Waals surface area contributed by atoms with Crippen LogP contribution < -0.4 is 5.32 Å². The van der Waals surface area contributed by atoms with Crippen molar-refractivity contribution in [2.24, 2.45) is 0 Å². The molecule has 2 heterocycles. The predicted octanol–water partition coefficient (Wildman–Crippen LogP) is 4.50. The number of aromatic amines is 1. The maximum Gasteiger partial charge on any atom is 0.321 e. The fourth-order valence-corrected chi connectivity index (χ4v) is 3.64. The molecule has 6 heteroatoms. The molecule has 1 aliphatic heterocycles. The van der Waals surface area contributed by atoms with E-state index in [0.717, 1.165) is 47.8 Å². The van der Waals surface area contributed by atoms with Crippen molar-refractivity contribution in [3.8, 4) is 11.1 Å². The summed E-state index contributed by atoms with van der Waals surface area (Å²) in [6.07, 6.45) is 1.96. The molecule has 0 aliphatic carbocycles. The van der Waals surface area contributed by atoms with Crippen LogP contribution in [0.3, 0.4) is 0 Å². The number of rotatable bonds is 3. The van der Waals surface area contributed by atoms with Gasteiger partial charge in [0, 0.05) is 24.7 Å². The average molecular weight is 375 g/mol. The van der Waals surface area contributed by atoms with Crippen LogP contribution in [0.1, 0.15) is 36.0 Å². The second-order valence-electron chi connectivity index (χ2n) is 7.44. The summed E-state index contributed by atoms with van der Waals surface area (Å²) in [4.78, 5) is 19.1. The van der Waals surface area contributed by atoms with Gasteiger partial charge < -0.3 is 10.2 Å². The molecule has 1 aliphatic rings. The Bertz CT molecular complexity index is 963. The smallest absolute Gasteiger partial charge is 0.321 e. The highest BCUT2D eigenvalue weighted by molar-refractivity contribution is 5.90. The molecular weight excluding hydrogens is 350 g/mol. The highest BCUT2D eigenvalue weighted by atomic mass is 16.2. The zero-order chi connectivity index (χ0) is 19.5. The van der Waals surface area contributed by atoms with Gasteiger partial charge in [0.15, 0.2) is 5.82 Å². The molecule has 0 bridgehead atoms. The van der Waals surface area contributed by atoms with E-state index >= 15 is 0 Å². The highest BCUT2D eigenvalue weighted by Gasteiger charge is 2.27. The summed E-state index contributed by atoms with van der Waals surface area (Å²) in [6, 6.07) is 16.3. The van der Waals surface area contributed by atoms with E-state index in [9.17, 15) is 4.79 Å². The minimum atomic E-state index is -0.0713. The Morgan fingerprint density at radius 1 is 1.14 bits per heavy atom. The molecule has 1 saturated heterocycles. The van der Waals surface area contributed by atoms with E-state index in [0.29, 0.717) is 6.54 Å². The van der Waals surface area contributed by atoms with E-state index in [1.807, 2.05) is 30.0 Å². The molecule has 2 aromatic carbocycles. The lowest BCUT2D eigenvalue weighted by atomic mass is 9.97. The first-order valence-corrected chi connectivity index (χ1v) is 9.70. The first-order valence-electron chi connectivity index (χ1n) is 9.70. The van der Waals surface area contributed by atoms with Crippen molar-refractivity contribution in [1.29, 1.82) is 0 Å². The fraction of sp³-hybridized carbons (Fsp3) is 0.318. The number of nitrogens with zero attached hydrogens (tertiary/aromatic N) is 3. The van der Waals surface area contributed by atoms with Crippen molar-refractivity contribution in [2.75, 3.05) is 18.4 Å². The summed E-state index contributed by atoms with van der Waals surface area (Å²) < 4.78 is 0. The average Bonchev–Trinajstić information content (AvgIpc) is 3.15. The summed E-state index contributed by atoms with van der Waals surface area (Å²) >= 11 is 0. The lowest BCUT2D eigenvalue weighted by molar-refractivity contribution is 0.191. The van der Waals surface area contributed by atoms with Gasteiger partial charge in [0.2, 0.25) is 0 Å². The Morgan fingerprint density at radius 2 is 1.96 bits per heavy atom. The van der Waals surface area contributed by atoms with E-state index in [4.69, 9.17) is 0 Å². The third-order valence-corrected chi connectivity index (χ3v) is 5.19. The fourth-order valence-electron chi connectivity index (χ4n) is 3.64. The summed E-state index contributed by atoms with van der Waals surface area (Å²) in [5.41, 5.74) is 4.26. The number of anilines is 1. The summed E-state index contributed by atoms with van der Waals surface area (Å²) in [6.45, 7) is 5.36. The molecule has 2 N–H and O–H groups in total. The lowest BCUT2D eigenvalue weighted by Crippen LogP contribution is -2.41. The molecule has 1 fully saturated rings. The van der Waals surface area contributed by atoms with Crippen molar-refractivity contribution >= 4 is 11.7 Å². The van der Waals surface area contributed by atoms with Crippen molar-refractivity contribution in [1.82, 2.24) is 20.1 Å². The summed E-state index contributed by atoms with van der Waals surface area (Å²) in [7, 11) is 0. The van der Waals surface area contributed by atoms with Gasteiger partial charge in [0.05, 0.1) is 0 Å². The van der Waals surface area contributed by atoms with Gasteiger partial charge in [0.1, 0.15) is 5.82 Å². The maximum absolute atomic E-state index is 12.8. The highest BCUT2D eigenvalue weighted by Crippen LogP contribution is 2.26. The van der Waals surface area contributed by atoms with E-state index in [-0.39, 0.29) is 11.9 Å². The van der Waals surface area contributed by atoms with Crippen LogP contribution >= 0.6 is 0 Å². The van der Waals surface area contributed by atoms with Gasteiger partial charge in [-0.15, -0.1) is 0 Å². The number of urea groups is 1. The van der Waals surface area contributed by atoms with Crippen LogP contribution in [0.2, 0.25) is 0 Å². The molecule has 6 nitrogen and oxygen atoms in total. The molecule has 0 spiro atoms. The largest absolute Gasteiger partial charge is 0.324 e. The molecule has 1 atom stereocenters. The number of hydrogen-bond acceptors (Lipinski definition) is 3. The SMILES string of the molecule is Cc1ccc(-c2cccc(NC(=O)N3CCCC(c4n[nH]c(C)n4)C3)c2)cc1. The van der Waals surface area contributed by atoms with Crippen LogP contribution in [0.15, 0.2) is 48.5 Å². The van der Waals surface area contributed by atoms with Gasteiger partial charge in [0.25, 0.3) is 0 Å². The topological polar surface area (TPSA) is 73.9 Å². The standard InChI is InChI=1S/C22H25N5O/c1-15-8-10-17(11-9-15)18-5-3-7-20(13-18)24-22(28)27-12-4-6-19(14-27)21-23-16(2)25-26-21/h3,5,7-11,13,19H,4,6,12,14H2,1-2H3,(H,24,28)(H,23,25,26). The molecule has 28 heavy (non-hydrogen) atoms. The third kappa shape index (κ3) is 4.06. The minimum Gasteiger partial charge on any atom is -0.324 e. The number of amides is 2. The Labute approximate surface area is 165 Å². The normalized spacial score (nSPS) is 16.8. The molecule has 144 valence electrons. The predicted molar refractivity (Wildman–Crippen MR) is 110 cm³/mol. The van der Waals surface area contributed by atoms with E-state index in [2.05, 4.69) is 57.8 Å². The molecule has 0 radical (unpaired) electrons. The second kappa shape index (κ2) is 7.84. The van der Waals surface area contributed by atoms with Gasteiger partial charge in [-0.25, -0.2) is 9.78 Å². The van der Waals surface area contributed by atoms with Crippen LogP contribution in [0, 0.1) is 13.8 Å². The van der Waals surface area contributed by atoms with Crippen molar-refractivity contribution in [3.63, 3.8) is 0 Å². The monoisotopic (exact) mass is 375 g/mol. The third-order valence-electron chi connectivity index (χ3n) is 5.19. The molecule has 0 saturated carbocycles. The number of H-pyrrole nitrogens is 1. The second-order valence-corrected chi connectivity index (χ2v) is 7.44. The summed E-state index contributed by atoms with van der Waals surface area (Å²) in [5, 5.41) is 10.2. The van der Waals surface area contributed by atoms with Crippen LogP contribution in [-0.4, -0.2) is 39.2 Å². The number of nitrogens with one attached hydrogen (secondary N) is 2. The number of carbonyl (C=O) groups excluding carboxylic acids is 1. The van der Waals surface area contributed by atoms with Crippen molar-refractivity contribution in [3.05, 3.63) is 65.7 Å². The van der Waals surface area contributed by atoms with Crippen LogP contribution in [-0.2, 0) is 0 Å². The quantitative estimate of drug-likeness (QED) is 0.708. The number of aryl methyl sites for hydroxylation is 2. The molecule has 1 unspecified atom stereocenters. The lowest BCUT2D eigenvalue weighted by Gasteiger charge is -2.31. The zero-order valence-electron chi connectivity index (χ0n) is 16.3. The van der Waals surface area contributed by atoms with Crippen molar-refractivity contribution in [2.45, 2.75) is 32.6 Å². The molecule has 1 aromatic heterocycles. The number of piperidine rings is 1. The first kappa shape index (κ1) is 18.2. The van der Waals surface area contributed by atoms with Crippen LogP contribution in [0.25, 0.3) is 11.1 Å². The zero-order valence-corrected chi connectivity index (χ0v) is 16.3. The Morgan fingerprint density at radius 3 is 2.71 bits per heavy atom. The Balaban J connectivity index is 1.44. The molecule has 4 rings (SSSR count). The molecular formula is C22H25N5O. The Hall–Kier alpha value is -3.15. The van der Waals surface area contributed by atoms with Gasteiger partial charge >= 0.3 is 6.03 Å². The van der Waals surface area contributed by atoms with Crippen LogP contribution in [0.5, 0.6) is 0 Å². The maximum atomic E-state index is 12.8. The Kier molecular flexibility index (Phi) is 5.10. The number of hydrogen-bond donors (Lipinski definition) is 2. The van der Waals surface area contributed by atoms with E-state index in [1.54, 1.807) is 0 Å². The molecule has 3 aromatic rings. The number of aromatic nitrogens is 3. The number of benzene rings is 2. The van der Waals surface area contributed by atoms with E-state index in [1.165, 1.54) is 5.56 Å². The van der Waals surface area contributed by atoms with Crippen LogP contribution in [0.4, 0.5) is 10.5 Å². The van der Waals surface area contributed by atoms with Gasteiger partial charge in [-0.3, -0.25) is 5.10 Å². The summed E-state index contributed by atoms with van der Waals surface area (Å²) in [5.74, 6) is 1.80. The van der Waals surface area contributed by atoms with Crippen molar-refractivity contribution < 1.29 is 4.79 Å². The number of likely N-dealkylation sites (tertiary alicyclic amines) is 1. The van der Waals surface area contributed by atoms with Gasteiger partial charge in [-0.05, 0) is 49.9 Å². The first-order chi connectivity index (χ1) is 13.6. The minimum absolute atomic E-state index is 0.0713. The van der Waals surface area contributed by atoms with Gasteiger partial charge in [-0.1, -0.05) is 42.0 Å². The molecule has 2 amide bonds. The van der Waals surface area contributed by atoms with E-state index < -0.39 is 0 Å².